The second-order valence-corrected chi connectivity index (χ2v) is 4.70. The van der Waals surface area contributed by atoms with Gasteiger partial charge in [-0.3, -0.25) is 5.10 Å². The Balaban J connectivity index is 2.30. The Hall–Kier alpha value is -0.990. The Morgan fingerprint density at radius 2 is 2.40 bits per heavy atom. The van der Waals surface area contributed by atoms with Crippen molar-refractivity contribution in [3.63, 3.8) is 0 Å². The lowest BCUT2D eigenvalue weighted by Crippen LogP contribution is -2.28. The van der Waals surface area contributed by atoms with Crippen molar-refractivity contribution in [1.82, 2.24) is 19.9 Å². The van der Waals surface area contributed by atoms with E-state index in [1.54, 1.807) is 0 Å². The summed E-state index contributed by atoms with van der Waals surface area (Å²) in [6, 6.07) is 0. The van der Waals surface area contributed by atoms with E-state index in [1.807, 2.05) is 6.92 Å². The zero-order chi connectivity index (χ0) is 11.1. The van der Waals surface area contributed by atoms with E-state index in [2.05, 4.69) is 19.9 Å². The quantitative estimate of drug-likeness (QED) is 0.606. The highest BCUT2D eigenvalue weighted by atomic mass is 32.2. The van der Waals surface area contributed by atoms with Crippen molar-refractivity contribution in [1.29, 1.82) is 0 Å². The molecule has 2 N–H and O–H groups in total. The predicted molar refractivity (Wildman–Crippen MR) is 53.5 cm³/mol. The molecule has 86 valence electrons. The predicted octanol–water partition coefficient (Wildman–Crippen LogP) is -0.739. The number of ether oxygens (including phenoxy) is 1. The molecule has 1 aromatic rings. The average molecular weight is 234 g/mol. The Morgan fingerprint density at radius 1 is 1.60 bits per heavy atom. The molecular formula is C7H14N4O3S. The van der Waals surface area contributed by atoms with E-state index in [1.165, 1.54) is 6.33 Å². The van der Waals surface area contributed by atoms with Gasteiger partial charge >= 0.3 is 0 Å². The van der Waals surface area contributed by atoms with Crippen molar-refractivity contribution in [3.8, 4) is 0 Å². The van der Waals surface area contributed by atoms with Gasteiger partial charge in [0, 0.05) is 6.61 Å². The maximum Gasteiger partial charge on any atom is 0.214 e. The monoisotopic (exact) mass is 234 g/mol. The van der Waals surface area contributed by atoms with Crippen LogP contribution in [0, 0.1) is 0 Å². The second-order valence-electron chi connectivity index (χ2n) is 2.77. The molecule has 1 aromatic heterocycles. The van der Waals surface area contributed by atoms with Gasteiger partial charge in [0.15, 0.2) is 0 Å². The van der Waals surface area contributed by atoms with Gasteiger partial charge in [0.25, 0.3) is 0 Å². The minimum absolute atomic E-state index is 0.0466. The van der Waals surface area contributed by atoms with Gasteiger partial charge in [0.05, 0.1) is 18.9 Å². The Kier molecular flexibility index (Phi) is 4.66. The highest BCUT2D eigenvalue weighted by Crippen LogP contribution is 1.90. The minimum atomic E-state index is -3.29. The zero-order valence-corrected chi connectivity index (χ0v) is 9.25. The van der Waals surface area contributed by atoms with Crippen LogP contribution in [0.1, 0.15) is 12.7 Å². The number of aromatic nitrogens is 3. The largest absolute Gasteiger partial charge is 0.381 e. The number of nitrogens with one attached hydrogen (secondary N) is 2. The molecule has 7 nitrogen and oxygen atoms in total. The molecule has 0 aliphatic carbocycles. The molecule has 0 aromatic carbocycles. The van der Waals surface area contributed by atoms with Gasteiger partial charge in [0.1, 0.15) is 12.2 Å². The molecule has 0 saturated carbocycles. The highest BCUT2D eigenvalue weighted by Gasteiger charge is 2.10. The van der Waals surface area contributed by atoms with Gasteiger partial charge in [-0.2, -0.15) is 5.10 Å². The number of hydrogen-bond donors (Lipinski definition) is 2. The molecule has 0 aliphatic rings. The number of H-pyrrole nitrogens is 1. The van der Waals surface area contributed by atoms with Crippen LogP contribution in [0.25, 0.3) is 0 Å². The van der Waals surface area contributed by atoms with Crippen molar-refractivity contribution in [2.75, 3.05) is 19.0 Å². The zero-order valence-electron chi connectivity index (χ0n) is 8.43. The van der Waals surface area contributed by atoms with Crippen molar-refractivity contribution in [3.05, 3.63) is 12.2 Å². The molecule has 1 heterocycles. The smallest absolute Gasteiger partial charge is 0.214 e. The van der Waals surface area contributed by atoms with Gasteiger partial charge in [-0.25, -0.2) is 18.1 Å². The summed E-state index contributed by atoms with van der Waals surface area (Å²) in [6.07, 6.45) is 1.32. The topological polar surface area (TPSA) is 97.0 Å². The fourth-order valence-corrected chi connectivity index (χ4v) is 1.72. The van der Waals surface area contributed by atoms with Gasteiger partial charge in [-0.1, -0.05) is 0 Å². The van der Waals surface area contributed by atoms with E-state index in [4.69, 9.17) is 4.74 Å². The number of hydrogen-bond acceptors (Lipinski definition) is 5. The number of nitrogens with zero attached hydrogens (tertiary/aromatic N) is 2. The first kappa shape index (κ1) is 12.1. The molecule has 0 radical (unpaired) electrons. The standard InChI is InChI=1S/C7H14N4O3S/c1-2-14-3-4-15(12,13)10-5-7-8-6-9-11-7/h6,10H,2-5H2,1H3,(H,8,9,11). The van der Waals surface area contributed by atoms with Crippen LogP contribution in [0.2, 0.25) is 0 Å². The summed E-state index contributed by atoms with van der Waals surface area (Å²) in [6.45, 7) is 2.64. The van der Waals surface area contributed by atoms with Crippen LogP contribution in [0.3, 0.4) is 0 Å². The fourth-order valence-electron chi connectivity index (χ4n) is 0.879. The first-order valence-electron chi connectivity index (χ1n) is 4.53. The van der Waals surface area contributed by atoms with Gasteiger partial charge in [-0.15, -0.1) is 0 Å². The molecule has 0 bridgehead atoms. The summed E-state index contributed by atoms with van der Waals surface area (Å²) in [7, 11) is -3.29. The van der Waals surface area contributed by atoms with E-state index in [9.17, 15) is 8.42 Å². The average Bonchev–Trinajstić information content (AvgIpc) is 2.68. The molecule has 15 heavy (non-hydrogen) atoms. The molecule has 8 heteroatoms. The van der Waals surface area contributed by atoms with Crippen LogP contribution in [-0.4, -0.2) is 42.6 Å². The van der Waals surface area contributed by atoms with Crippen molar-refractivity contribution < 1.29 is 13.2 Å². The van der Waals surface area contributed by atoms with E-state index in [0.29, 0.717) is 12.4 Å². The van der Waals surface area contributed by atoms with Crippen LogP contribution >= 0.6 is 0 Å². The van der Waals surface area contributed by atoms with Crippen molar-refractivity contribution in [2.24, 2.45) is 0 Å². The number of aromatic amines is 1. The Bertz CT molecular complexity index is 362. The molecule has 0 saturated heterocycles. The number of sulfonamides is 1. The third-order valence-electron chi connectivity index (χ3n) is 1.62. The second kappa shape index (κ2) is 5.79. The molecule has 0 amide bonds. The summed E-state index contributed by atoms with van der Waals surface area (Å²) >= 11 is 0. The fraction of sp³-hybridized carbons (Fsp3) is 0.714. The molecule has 0 fully saturated rings. The molecule has 0 spiro atoms. The van der Waals surface area contributed by atoms with Crippen LogP contribution in [0.4, 0.5) is 0 Å². The molecule has 1 rings (SSSR count). The highest BCUT2D eigenvalue weighted by molar-refractivity contribution is 7.89. The SMILES string of the molecule is CCOCCS(=O)(=O)NCc1ncn[nH]1. The van der Waals surface area contributed by atoms with Gasteiger partial charge in [0.2, 0.25) is 10.0 Å². The minimum Gasteiger partial charge on any atom is -0.381 e. The number of rotatable bonds is 7. The van der Waals surface area contributed by atoms with Crippen LogP contribution in [-0.2, 0) is 21.3 Å². The Morgan fingerprint density at radius 3 is 3.00 bits per heavy atom. The summed E-state index contributed by atoms with van der Waals surface area (Å²) in [4.78, 5) is 3.79. The summed E-state index contributed by atoms with van der Waals surface area (Å²) < 4.78 is 30.0. The Labute approximate surface area is 88.3 Å². The lowest BCUT2D eigenvalue weighted by Gasteiger charge is -2.04. The van der Waals surface area contributed by atoms with Crippen LogP contribution < -0.4 is 4.72 Å². The van der Waals surface area contributed by atoms with Crippen molar-refractivity contribution in [2.45, 2.75) is 13.5 Å². The molecular weight excluding hydrogens is 220 g/mol. The first-order valence-corrected chi connectivity index (χ1v) is 6.18. The van der Waals surface area contributed by atoms with Crippen LogP contribution in [0.5, 0.6) is 0 Å². The van der Waals surface area contributed by atoms with Crippen molar-refractivity contribution >= 4 is 10.0 Å². The summed E-state index contributed by atoms with van der Waals surface area (Å²) in [5.41, 5.74) is 0. The lowest BCUT2D eigenvalue weighted by atomic mass is 10.6. The summed E-state index contributed by atoms with van der Waals surface area (Å²) in [5.74, 6) is 0.435. The van der Waals surface area contributed by atoms with Crippen LogP contribution in [0.15, 0.2) is 6.33 Å². The third-order valence-corrected chi connectivity index (χ3v) is 2.91. The van der Waals surface area contributed by atoms with E-state index >= 15 is 0 Å². The van der Waals surface area contributed by atoms with E-state index in [0.717, 1.165) is 0 Å². The molecule has 0 aliphatic heterocycles. The van der Waals surface area contributed by atoms with E-state index < -0.39 is 10.0 Å². The maximum absolute atomic E-state index is 11.3. The molecule has 0 unspecified atom stereocenters. The lowest BCUT2D eigenvalue weighted by molar-refractivity contribution is 0.163. The maximum atomic E-state index is 11.3. The normalized spacial score (nSPS) is 11.8. The van der Waals surface area contributed by atoms with E-state index in [-0.39, 0.29) is 18.9 Å². The summed E-state index contributed by atoms with van der Waals surface area (Å²) in [5, 5.41) is 6.16. The first-order chi connectivity index (χ1) is 7.14. The molecule has 0 atom stereocenters. The third kappa shape index (κ3) is 4.86. The van der Waals surface area contributed by atoms with Gasteiger partial charge < -0.3 is 4.74 Å². The van der Waals surface area contributed by atoms with Gasteiger partial charge in [-0.05, 0) is 6.92 Å².